The van der Waals surface area contributed by atoms with E-state index in [0.29, 0.717) is 17.0 Å². The summed E-state index contributed by atoms with van der Waals surface area (Å²) in [7, 11) is 1.66. The Morgan fingerprint density at radius 3 is 2.33 bits per heavy atom. The third-order valence-corrected chi connectivity index (χ3v) is 6.47. The van der Waals surface area contributed by atoms with Crippen LogP contribution in [0.25, 0.3) is 16.9 Å². The van der Waals surface area contributed by atoms with E-state index in [4.69, 9.17) is 14.5 Å². The highest BCUT2D eigenvalue weighted by molar-refractivity contribution is 7.07. The zero-order valence-corrected chi connectivity index (χ0v) is 20.7. The fourth-order valence-electron chi connectivity index (χ4n) is 3.83. The number of hydrogen-bond acceptors (Lipinski definition) is 5. The van der Waals surface area contributed by atoms with E-state index in [1.165, 1.54) is 11.3 Å². The summed E-state index contributed by atoms with van der Waals surface area (Å²) in [5, 5.41) is 2.08. The smallest absolute Gasteiger partial charge is 0.195 e. The van der Waals surface area contributed by atoms with Crippen molar-refractivity contribution in [1.82, 2.24) is 4.57 Å². The van der Waals surface area contributed by atoms with Gasteiger partial charge in [0.2, 0.25) is 0 Å². The minimum absolute atomic E-state index is 0.00614. The first-order valence-electron chi connectivity index (χ1n) is 11.5. The fraction of sp³-hybridized carbons (Fsp3) is 0.0667. The number of aromatic nitrogens is 1. The van der Waals surface area contributed by atoms with Crippen molar-refractivity contribution in [2.75, 3.05) is 7.11 Å². The molecular formula is C30H24N2O3S. The second-order valence-electron chi connectivity index (χ2n) is 8.07. The Kier molecular flexibility index (Phi) is 6.78. The lowest BCUT2D eigenvalue weighted by atomic mass is 10.1. The van der Waals surface area contributed by atoms with Gasteiger partial charge in [0.05, 0.1) is 24.2 Å². The first-order chi connectivity index (χ1) is 17.6. The lowest BCUT2D eigenvalue weighted by Gasteiger charge is -2.15. The molecule has 0 amide bonds. The maximum absolute atomic E-state index is 11.9. The largest absolute Gasteiger partial charge is 0.497 e. The molecule has 1 aromatic heterocycles. The van der Waals surface area contributed by atoms with Crippen LogP contribution in [0.3, 0.4) is 0 Å². The highest BCUT2D eigenvalue weighted by atomic mass is 32.1. The van der Waals surface area contributed by atoms with Crippen LogP contribution in [-0.4, -0.2) is 17.5 Å². The van der Waals surface area contributed by atoms with E-state index < -0.39 is 0 Å². The standard InChI is InChI=1S/C30H24N2O3S/c1-21(33)23-9-8-10-24(19-23)31-30-32(28(20-36-30)22-15-17-25(34-2)18-16-22)27-13-6-7-14-29(27)35-26-11-4-3-5-12-26/h3-20H,1-2H3. The van der Waals surface area contributed by atoms with E-state index in [0.717, 1.165) is 33.2 Å². The maximum Gasteiger partial charge on any atom is 0.195 e. The second-order valence-corrected chi connectivity index (χ2v) is 8.91. The van der Waals surface area contributed by atoms with Crippen LogP contribution in [0, 0.1) is 0 Å². The lowest BCUT2D eigenvalue weighted by molar-refractivity contribution is 0.101. The van der Waals surface area contributed by atoms with E-state index in [1.807, 2.05) is 97.1 Å². The number of benzene rings is 4. The molecule has 0 N–H and O–H groups in total. The molecule has 5 nitrogen and oxygen atoms in total. The first kappa shape index (κ1) is 23.3. The van der Waals surface area contributed by atoms with Gasteiger partial charge >= 0.3 is 0 Å². The monoisotopic (exact) mass is 492 g/mol. The number of methoxy groups -OCH3 is 1. The molecule has 0 bridgehead atoms. The zero-order chi connectivity index (χ0) is 24.9. The lowest BCUT2D eigenvalue weighted by Crippen LogP contribution is -2.14. The SMILES string of the molecule is COc1ccc(-c2csc(=Nc3cccc(C(C)=O)c3)n2-c2ccccc2Oc2ccccc2)cc1. The molecule has 0 aliphatic carbocycles. The van der Waals surface area contributed by atoms with Crippen molar-refractivity contribution in [2.45, 2.75) is 6.92 Å². The number of hydrogen-bond donors (Lipinski definition) is 0. The summed E-state index contributed by atoms with van der Waals surface area (Å²) in [4.78, 5) is 17.6. The summed E-state index contributed by atoms with van der Waals surface area (Å²) in [5.41, 5.74) is 4.17. The first-order valence-corrected chi connectivity index (χ1v) is 12.3. The number of para-hydroxylation sites is 3. The van der Waals surface area contributed by atoms with E-state index in [2.05, 4.69) is 9.95 Å². The fourth-order valence-corrected chi connectivity index (χ4v) is 4.75. The number of ketones is 1. The summed E-state index contributed by atoms with van der Waals surface area (Å²) in [5.74, 6) is 2.25. The van der Waals surface area contributed by atoms with Gasteiger partial charge in [-0.2, -0.15) is 0 Å². The molecule has 178 valence electrons. The van der Waals surface area contributed by atoms with E-state index in [9.17, 15) is 4.79 Å². The molecule has 0 aliphatic heterocycles. The third kappa shape index (κ3) is 4.99. The molecule has 0 saturated heterocycles. The second kappa shape index (κ2) is 10.5. The Morgan fingerprint density at radius 1 is 0.833 bits per heavy atom. The van der Waals surface area contributed by atoms with Crippen LogP contribution in [-0.2, 0) is 0 Å². The Balaban J connectivity index is 1.71. The molecule has 0 aliphatic rings. The Bertz CT molecular complexity index is 1570. The predicted molar refractivity (Wildman–Crippen MR) is 144 cm³/mol. The molecule has 36 heavy (non-hydrogen) atoms. The normalized spacial score (nSPS) is 11.3. The van der Waals surface area contributed by atoms with Gasteiger partial charge < -0.3 is 9.47 Å². The number of nitrogens with zero attached hydrogens (tertiary/aromatic N) is 2. The topological polar surface area (TPSA) is 52.8 Å². The van der Waals surface area contributed by atoms with Gasteiger partial charge in [-0.3, -0.25) is 9.36 Å². The van der Waals surface area contributed by atoms with Crippen molar-refractivity contribution in [3.8, 4) is 34.2 Å². The molecular weight excluding hydrogens is 468 g/mol. The van der Waals surface area contributed by atoms with Gasteiger partial charge in [0, 0.05) is 10.9 Å². The zero-order valence-electron chi connectivity index (χ0n) is 19.9. The summed E-state index contributed by atoms with van der Waals surface area (Å²) in [6.07, 6.45) is 0. The van der Waals surface area contributed by atoms with Crippen molar-refractivity contribution in [3.63, 3.8) is 0 Å². The average molecular weight is 493 g/mol. The van der Waals surface area contributed by atoms with Gasteiger partial charge in [-0.25, -0.2) is 4.99 Å². The minimum Gasteiger partial charge on any atom is -0.497 e. The van der Waals surface area contributed by atoms with Crippen LogP contribution in [0.5, 0.6) is 17.2 Å². The van der Waals surface area contributed by atoms with Gasteiger partial charge in [-0.05, 0) is 73.2 Å². The van der Waals surface area contributed by atoms with Crippen LogP contribution < -0.4 is 14.3 Å². The molecule has 1 heterocycles. The van der Waals surface area contributed by atoms with E-state index in [1.54, 1.807) is 20.1 Å². The molecule has 6 heteroatoms. The molecule has 0 spiro atoms. The molecule has 5 aromatic rings. The van der Waals surface area contributed by atoms with Gasteiger partial charge in [-0.1, -0.05) is 42.5 Å². The third-order valence-electron chi connectivity index (χ3n) is 5.65. The molecule has 0 saturated carbocycles. The molecule has 0 radical (unpaired) electrons. The van der Waals surface area contributed by atoms with E-state index in [-0.39, 0.29) is 5.78 Å². The Morgan fingerprint density at radius 2 is 1.58 bits per heavy atom. The molecule has 4 aromatic carbocycles. The minimum atomic E-state index is 0.00614. The van der Waals surface area contributed by atoms with Crippen molar-refractivity contribution in [2.24, 2.45) is 4.99 Å². The van der Waals surface area contributed by atoms with Gasteiger partial charge in [-0.15, -0.1) is 11.3 Å². The molecule has 0 unspecified atom stereocenters. The van der Waals surface area contributed by atoms with Crippen molar-refractivity contribution < 1.29 is 14.3 Å². The number of carbonyl (C=O) groups excluding carboxylic acids is 1. The molecule has 5 rings (SSSR count). The van der Waals surface area contributed by atoms with Crippen LogP contribution in [0.2, 0.25) is 0 Å². The summed E-state index contributed by atoms with van der Waals surface area (Å²) in [6.45, 7) is 1.56. The van der Waals surface area contributed by atoms with Gasteiger partial charge in [0.25, 0.3) is 0 Å². The molecule has 0 atom stereocenters. The Labute approximate surface area is 213 Å². The summed E-state index contributed by atoms with van der Waals surface area (Å²) >= 11 is 1.52. The highest BCUT2D eigenvalue weighted by Crippen LogP contribution is 2.32. The van der Waals surface area contributed by atoms with Crippen molar-refractivity contribution in [1.29, 1.82) is 0 Å². The predicted octanol–water partition coefficient (Wildman–Crippen LogP) is 7.44. The van der Waals surface area contributed by atoms with Gasteiger partial charge in [0.1, 0.15) is 11.5 Å². The number of carbonyl (C=O) groups is 1. The number of rotatable bonds is 7. The Hall–Kier alpha value is -4.42. The van der Waals surface area contributed by atoms with Crippen molar-refractivity contribution >= 4 is 22.8 Å². The number of Topliss-reactive ketones (excluding diaryl/α,β-unsaturated/α-hetero) is 1. The number of ether oxygens (including phenoxy) is 2. The molecule has 0 fully saturated rings. The highest BCUT2D eigenvalue weighted by Gasteiger charge is 2.15. The van der Waals surface area contributed by atoms with Crippen LogP contribution in [0.4, 0.5) is 5.69 Å². The van der Waals surface area contributed by atoms with E-state index >= 15 is 0 Å². The summed E-state index contributed by atoms with van der Waals surface area (Å²) in [6, 6.07) is 32.9. The van der Waals surface area contributed by atoms with Gasteiger partial charge in [0.15, 0.2) is 16.3 Å². The average Bonchev–Trinajstić information content (AvgIpc) is 3.33. The summed E-state index contributed by atoms with van der Waals surface area (Å²) < 4.78 is 13.7. The maximum atomic E-state index is 11.9. The quantitative estimate of drug-likeness (QED) is 0.222. The van der Waals surface area contributed by atoms with Crippen LogP contribution in [0.15, 0.2) is 114 Å². The van der Waals surface area contributed by atoms with Crippen molar-refractivity contribution in [3.05, 3.63) is 119 Å². The van der Waals surface area contributed by atoms with Crippen LogP contribution in [0.1, 0.15) is 17.3 Å². The van der Waals surface area contributed by atoms with Crippen LogP contribution >= 0.6 is 11.3 Å². The number of thiazole rings is 1.